The fourth-order valence-electron chi connectivity index (χ4n) is 2.03. The number of benzene rings is 2. The number of nitrogens with zero attached hydrogens (tertiary/aromatic N) is 2. The smallest absolute Gasteiger partial charge is 0.237 e. The molecular weight excluding hydrogens is 411 g/mol. The number of anilines is 3. The summed E-state index contributed by atoms with van der Waals surface area (Å²) in [6.07, 6.45) is 0. The van der Waals surface area contributed by atoms with Crippen LogP contribution in [0.4, 0.5) is 16.5 Å². The summed E-state index contributed by atoms with van der Waals surface area (Å²) >= 11 is 14.6. The highest BCUT2D eigenvalue weighted by Gasteiger charge is 2.18. The van der Waals surface area contributed by atoms with E-state index in [9.17, 15) is 4.79 Å². The Morgan fingerprint density at radius 2 is 1.77 bits per heavy atom. The van der Waals surface area contributed by atoms with Crippen molar-refractivity contribution >= 4 is 68.7 Å². The van der Waals surface area contributed by atoms with E-state index in [0.717, 1.165) is 5.69 Å². The minimum atomic E-state index is -0.356. The molecule has 0 aliphatic carbocycles. The second-order valence-corrected chi connectivity index (χ2v) is 8.71. The fourth-order valence-corrected chi connectivity index (χ4v) is 4.47. The van der Waals surface area contributed by atoms with Gasteiger partial charge in [0.2, 0.25) is 11.0 Å². The highest BCUT2D eigenvalue weighted by molar-refractivity contribution is 8.02. The number of thioether (sulfide) groups is 1. The third kappa shape index (κ3) is 5.35. The summed E-state index contributed by atoms with van der Waals surface area (Å²) in [5.74, 6) is -0.166. The molecular formula is C17H14Cl2N4OS2. The molecule has 5 nitrogen and oxygen atoms in total. The number of carbonyl (C=O) groups excluding carboxylic acids is 1. The van der Waals surface area contributed by atoms with Crippen LogP contribution >= 0.6 is 46.3 Å². The summed E-state index contributed by atoms with van der Waals surface area (Å²) in [6, 6.07) is 14.6. The van der Waals surface area contributed by atoms with Crippen LogP contribution in [0.5, 0.6) is 0 Å². The molecule has 0 saturated carbocycles. The number of nitrogens with one attached hydrogen (secondary N) is 2. The summed E-state index contributed by atoms with van der Waals surface area (Å²) in [5, 5.41) is 15.5. The quantitative estimate of drug-likeness (QED) is 0.496. The maximum Gasteiger partial charge on any atom is 0.237 e. The Morgan fingerprint density at radius 1 is 1.08 bits per heavy atom. The molecule has 3 aromatic rings. The molecule has 0 saturated heterocycles. The van der Waals surface area contributed by atoms with E-state index in [1.807, 2.05) is 30.3 Å². The highest BCUT2D eigenvalue weighted by Crippen LogP contribution is 2.31. The summed E-state index contributed by atoms with van der Waals surface area (Å²) in [5.41, 5.74) is 1.49. The van der Waals surface area contributed by atoms with Crippen LogP contribution in [0.1, 0.15) is 6.92 Å². The van der Waals surface area contributed by atoms with E-state index < -0.39 is 0 Å². The number of hydrogen-bond donors (Lipinski definition) is 2. The topological polar surface area (TPSA) is 66.9 Å². The Morgan fingerprint density at radius 3 is 2.46 bits per heavy atom. The highest BCUT2D eigenvalue weighted by atomic mass is 35.5. The normalized spacial score (nSPS) is 11.8. The summed E-state index contributed by atoms with van der Waals surface area (Å²) in [7, 11) is 0. The van der Waals surface area contributed by atoms with E-state index in [4.69, 9.17) is 23.2 Å². The van der Waals surface area contributed by atoms with Gasteiger partial charge >= 0.3 is 0 Å². The lowest BCUT2D eigenvalue weighted by molar-refractivity contribution is -0.115. The molecule has 0 aliphatic heterocycles. The van der Waals surface area contributed by atoms with Gasteiger partial charge in [-0.15, -0.1) is 10.2 Å². The first-order chi connectivity index (χ1) is 12.5. The van der Waals surface area contributed by atoms with Crippen molar-refractivity contribution in [3.63, 3.8) is 0 Å². The fraction of sp³-hybridized carbons (Fsp3) is 0.118. The largest absolute Gasteiger partial charge is 0.330 e. The number of carbonyl (C=O) groups is 1. The Balaban J connectivity index is 1.59. The Bertz CT molecular complexity index is 885. The minimum Gasteiger partial charge on any atom is -0.330 e. The standard InChI is InChI=1S/C17H14Cl2N4OS2/c1-10(15(24)20-14-8-11(18)7-12(19)9-14)25-17-23-22-16(26-17)21-13-5-3-2-4-6-13/h2-10H,1H3,(H,20,24)(H,21,22). The zero-order chi connectivity index (χ0) is 18.5. The maximum absolute atomic E-state index is 12.4. The molecule has 0 bridgehead atoms. The average molecular weight is 425 g/mol. The summed E-state index contributed by atoms with van der Waals surface area (Å²) in [6.45, 7) is 1.80. The molecule has 26 heavy (non-hydrogen) atoms. The van der Waals surface area contributed by atoms with Crippen LogP contribution in [0, 0.1) is 0 Å². The number of aromatic nitrogens is 2. The Labute approximate surface area is 169 Å². The molecule has 0 aliphatic rings. The van der Waals surface area contributed by atoms with Crippen molar-refractivity contribution in [3.05, 3.63) is 58.6 Å². The molecule has 1 atom stereocenters. The first-order valence-electron chi connectivity index (χ1n) is 7.59. The van der Waals surface area contributed by atoms with Gasteiger partial charge in [0.25, 0.3) is 0 Å². The van der Waals surface area contributed by atoms with Crippen molar-refractivity contribution in [2.75, 3.05) is 10.6 Å². The number of para-hydroxylation sites is 1. The molecule has 1 aromatic heterocycles. The van der Waals surface area contributed by atoms with Crippen LogP contribution in [-0.4, -0.2) is 21.4 Å². The number of rotatable bonds is 6. The lowest BCUT2D eigenvalue weighted by Crippen LogP contribution is -2.22. The van der Waals surface area contributed by atoms with Gasteiger partial charge in [-0.05, 0) is 37.3 Å². The van der Waals surface area contributed by atoms with Crippen molar-refractivity contribution in [2.45, 2.75) is 16.5 Å². The van der Waals surface area contributed by atoms with Gasteiger partial charge in [0.15, 0.2) is 4.34 Å². The molecule has 0 fully saturated rings. The van der Waals surface area contributed by atoms with Crippen LogP contribution in [0.25, 0.3) is 0 Å². The van der Waals surface area contributed by atoms with E-state index in [-0.39, 0.29) is 11.2 Å². The van der Waals surface area contributed by atoms with Crippen LogP contribution < -0.4 is 10.6 Å². The molecule has 1 unspecified atom stereocenters. The van der Waals surface area contributed by atoms with E-state index >= 15 is 0 Å². The van der Waals surface area contributed by atoms with Crippen molar-refractivity contribution in [1.29, 1.82) is 0 Å². The van der Waals surface area contributed by atoms with Crippen LogP contribution in [0.3, 0.4) is 0 Å². The molecule has 1 heterocycles. The molecule has 9 heteroatoms. The SMILES string of the molecule is CC(Sc1nnc(Nc2ccccc2)s1)C(=O)Nc1cc(Cl)cc(Cl)c1. The predicted molar refractivity (Wildman–Crippen MR) is 110 cm³/mol. The first kappa shape index (κ1) is 19.0. The number of hydrogen-bond acceptors (Lipinski definition) is 6. The molecule has 2 aromatic carbocycles. The summed E-state index contributed by atoms with van der Waals surface area (Å²) in [4.78, 5) is 12.4. The summed E-state index contributed by atoms with van der Waals surface area (Å²) < 4.78 is 0.704. The second-order valence-electron chi connectivity index (χ2n) is 5.27. The van der Waals surface area contributed by atoms with Gasteiger partial charge in [-0.1, -0.05) is 64.5 Å². The van der Waals surface area contributed by atoms with Gasteiger partial charge in [-0.2, -0.15) is 0 Å². The van der Waals surface area contributed by atoms with Crippen molar-refractivity contribution < 1.29 is 4.79 Å². The lowest BCUT2D eigenvalue weighted by atomic mass is 10.3. The average Bonchev–Trinajstić information content (AvgIpc) is 3.01. The van der Waals surface area contributed by atoms with Gasteiger partial charge < -0.3 is 10.6 Å². The third-order valence-electron chi connectivity index (χ3n) is 3.21. The monoisotopic (exact) mass is 424 g/mol. The van der Waals surface area contributed by atoms with Gasteiger partial charge in [-0.25, -0.2) is 0 Å². The van der Waals surface area contributed by atoms with Gasteiger partial charge in [0.05, 0.1) is 5.25 Å². The van der Waals surface area contributed by atoms with Crippen molar-refractivity contribution in [2.24, 2.45) is 0 Å². The molecule has 0 radical (unpaired) electrons. The van der Waals surface area contributed by atoms with Crippen molar-refractivity contribution in [1.82, 2.24) is 10.2 Å². The zero-order valence-electron chi connectivity index (χ0n) is 13.6. The molecule has 3 rings (SSSR count). The number of halogens is 2. The van der Waals surface area contributed by atoms with Gasteiger partial charge in [-0.3, -0.25) is 4.79 Å². The van der Waals surface area contributed by atoms with Crippen LogP contribution in [-0.2, 0) is 4.79 Å². The van der Waals surface area contributed by atoms with Gasteiger partial charge in [0.1, 0.15) is 0 Å². The Hall–Kier alpha value is -1.80. The van der Waals surface area contributed by atoms with Crippen LogP contribution in [0.15, 0.2) is 52.9 Å². The lowest BCUT2D eigenvalue weighted by Gasteiger charge is -2.10. The van der Waals surface area contributed by atoms with Gasteiger partial charge in [0, 0.05) is 21.4 Å². The van der Waals surface area contributed by atoms with E-state index in [0.29, 0.717) is 25.2 Å². The van der Waals surface area contributed by atoms with Crippen molar-refractivity contribution in [3.8, 4) is 0 Å². The second kappa shape index (κ2) is 8.73. The molecule has 1 amide bonds. The third-order valence-corrected chi connectivity index (χ3v) is 5.67. The predicted octanol–water partition coefficient (Wildman–Crippen LogP) is 5.71. The van der Waals surface area contributed by atoms with Crippen LogP contribution in [0.2, 0.25) is 10.0 Å². The van der Waals surface area contributed by atoms with E-state index in [1.54, 1.807) is 25.1 Å². The Kier molecular flexibility index (Phi) is 6.37. The maximum atomic E-state index is 12.4. The van der Waals surface area contributed by atoms with E-state index in [1.165, 1.54) is 23.1 Å². The van der Waals surface area contributed by atoms with E-state index in [2.05, 4.69) is 20.8 Å². The molecule has 0 spiro atoms. The zero-order valence-corrected chi connectivity index (χ0v) is 16.7. The molecule has 2 N–H and O–H groups in total. The minimum absolute atomic E-state index is 0.166. The molecule has 134 valence electrons. The first-order valence-corrected chi connectivity index (χ1v) is 10.0. The number of amides is 1.